The third kappa shape index (κ3) is 4.04. The fraction of sp³-hybridized carbons (Fsp3) is 0.250. The largest absolute Gasteiger partial charge is 0.493 e. The second-order valence-corrected chi connectivity index (χ2v) is 4.87. The molecule has 0 saturated carbocycles. The summed E-state index contributed by atoms with van der Waals surface area (Å²) in [6, 6.07) is 6.45. The molecule has 0 bridgehead atoms. The van der Waals surface area contributed by atoms with Gasteiger partial charge in [0.25, 0.3) is 5.91 Å². The molecule has 1 N–H and O–H groups in total. The van der Waals surface area contributed by atoms with Crippen LogP contribution in [0.3, 0.4) is 0 Å². The average Bonchev–Trinajstić information content (AvgIpc) is 2.57. The van der Waals surface area contributed by atoms with Crippen molar-refractivity contribution in [2.24, 2.45) is 0 Å². The summed E-state index contributed by atoms with van der Waals surface area (Å²) in [5, 5.41) is 3.04. The van der Waals surface area contributed by atoms with Crippen LogP contribution in [-0.2, 0) is 0 Å². The van der Waals surface area contributed by atoms with E-state index in [0.29, 0.717) is 40.3 Å². The molecule has 23 heavy (non-hydrogen) atoms. The van der Waals surface area contributed by atoms with Gasteiger partial charge in [-0.3, -0.25) is 4.79 Å². The topological polar surface area (TPSA) is 69.7 Å². The van der Waals surface area contributed by atoms with Gasteiger partial charge in [0.15, 0.2) is 11.5 Å². The number of halogens is 1. The zero-order valence-corrected chi connectivity index (χ0v) is 13.8. The zero-order valence-electron chi connectivity index (χ0n) is 13.1. The number of anilines is 1. The molecule has 0 unspecified atom stereocenters. The van der Waals surface area contributed by atoms with E-state index in [9.17, 15) is 4.79 Å². The van der Waals surface area contributed by atoms with Gasteiger partial charge in [0, 0.05) is 11.6 Å². The highest BCUT2D eigenvalue weighted by Crippen LogP contribution is 2.36. The number of pyridine rings is 1. The van der Waals surface area contributed by atoms with Crippen molar-refractivity contribution in [1.82, 2.24) is 4.98 Å². The molecule has 6 nitrogen and oxygen atoms in total. The Morgan fingerprint density at radius 3 is 2.61 bits per heavy atom. The number of hydrogen-bond acceptors (Lipinski definition) is 5. The van der Waals surface area contributed by atoms with Gasteiger partial charge >= 0.3 is 0 Å². The van der Waals surface area contributed by atoms with Gasteiger partial charge in [0.2, 0.25) is 5.88 Å². The molecule has 0 aliphatic heterocycles. The van der Waals surface area contributed by atoms with Crippen molar-refractivity contribution in [1.29, 1.82) is 0 Å². The maximum Gasteiger partial charge on any atom is 0.255 e. The monoisotopic (exact) mass is 336 g/mol. The van der Waals surface area contributed by atoms with Crippen LogP contribution in [0.15, 0.2) is 30.5 Å². The van der Waals surface area contributed by atoms with E-state index >= 15 is 0 Å². The lowest BCUT2D eigenvalue weighted by Crippen LogP contribution is -2.12. The Labute approximate surface area is 139 Å². The van der Waals surface area contributed by atoms with Gasteiger partial charge in [-0.2, -0.15) is 0 Å². The maximum absolute atomic E-state index is 12.3. The molecule has 0 spiro atoms. The summed E-state index contributed by atoms with van der Waals surface area (Å²) in [6.45, 7) is 2.28. The second-order valence-electron chi connectivity index (χ2n) is 4.47. The first-order valence-electron chi connectivity index (χ1n) is 6.90. The lowest BCUT2D eigenvalue weighted by atomic mass is 10.2. The number of carbonyl (C=O) groups excluding carboxylic acids is 1. The molecule has 0 fully saturated rings. The minimum absolute atomic E-state index is 0.309. The molecule has 0 radical (unpaired) electrons. The first-order valence-corrected chi connectivity index (χ1v) is 7.28. The van der Waals surface area contributed by atoms with Crippen LogP contribution in [0.5, 0.6) is 17.4 Å². The number of ether oxygens (including phenoxy) is 3. The van der Waals surface area contributed by atoms with Crippen molar-refractivity contribution in [3.05, 3.63) is 41.0 Å². The van der Waals surface area contributed by atoms with Crippen molar-refractivity contribution < 1.29 is 19.0 Å². The van der Waals surface area contributed by atoms with Crippen LogP contribution in [0.1, 0.15) is 17.3 Å². The number of nitrogens with zero attached hydrogens (tertiary/aromatic N) is 1. The molecule has 1 aromatic heterocycles. The van der Waals surface area contributed by atoms with Crippen LogP contribution in [0.2, 0.25) is 5.02 Å². The van der Waals surface area contributed by atoms with Crippen LogP contribution in [0.4, 0.5) is 5.69 Å². The van der Waals surface area contributed by atoms with E-state index < -0.39 is 0 Å². The minimum Gasteiger partial charge on any atom is -0.493 e. The second kappa shape index (κ2) is 7.69. The zero-order chi connectivity index (χ0) is 16.8. The number of amides is 1. The average molecular weight is 337 g/mol. The molecule has 0 aliphatic carbocycles. The summed E-state index contributed by atoms with van der Waals surface area (Å²) in [6.07, 6.45) is 1.50. The molecule has 7 heteroatoms. The van der Waals surface area contributed by atoms with Gasteiger partial charge in [-0.25, -0.2) is 4.98 Å². The molecule has 1 aromatic carbocycles. The minimum atomic E-state index is -0.333. The molecule has 122 valence electrons. The van der Waals surface area contributed by atoms with E-state index in [1.165, 1.54) is 26.5 Å². The summed E-state index contributed by atoms with van der Waals surface area (Å²) in [5.41, 5.74) is 0.894. The molecule has 1 amide bonds. The van der Waals surface area contributed by atoms with Gasteiger partial charge < -0.3 is 19.5 Å². The Bertz CT molecular complexity index is 689. The van der Waals surface area contributed by atoms with Crippen LogP contribution < -0.4 is 19.5 Å². The quantitative estimate of drug-likeness (QED) is 0.875. The van der Waals surface area contributed by atoms with Crippen molar-refractivity contribution in [3.8, 4) is 17.4 Å². The number of aromatic nitrogens is 1. The number of methoxy groups -OCH3 is 2. The predicted molar refractivity (Wildman–Crippen MR) is 87.9 cm³/mol. The molecule has 0 atom stereocenters. The SMILES string of the molecule is CCOc1c(Cl)cc(C(=O)Nc2ccc(OC)nc2)cc1OC. The third-order valence-corrected chi connectivity index (χ3v) is 3.26. The standard InChI is InChI=1S/C16H17ClN2O4/c1-4-23-15-12(17)7-10(8-13(15)21-2)16(20)19-11-5-6-14(22-3)18-9-11/h5-9H,4H2,1-3H3,(H,19,20). The molecule has 2 aromatic rings. The van der Waals surface area contributed by atoms with Crippen molar-refractivity contribution >= 4 is 23.2 Å². The summed E-state index contributed by atoms with van der Waals surface area (Å²) in [4.78, 5) is 16.4. The summed E-state index contributed by atoms with van der Waals surface area (Å²) in [5.74, 6) is 0.950. The van der Waals surface area contributed by atoms with Crippen LogP contribution in [-0.4, -0.2) is 31.7 Å². The van der Waals surface area contributed by atoms with Crippen LogP contribution in [0.25, 0.3) is 0 Å². The smallest absolute Gasteiger partial charge is 0.255 e. The Morgan fingerprint density at radius 2 is 2.04 bits per heavy atom. The highest BCUT2D eigenvalue weighted by atomic mass is 35.5. The number of benzene rings is 1. The van der Waals surface area contributed by atoms with E-state index in [-0.39, 0.29) is 5.91 Å². The molecule has 1 heterocycles. The lowest BCUT2D eigenvalue weighted by Gasteiger charge is -2.13. The summed E-state index contributed by atoms with van der Waals surface area (Å²) in [7, 11) is 3.01. The van der Waals surface area contributed by atoms with Crippen molar-refractivity contribution in [2.45, 2.75) is 6.92 Å². The summed E-state index contributed by atoms with van der Waals surface area (Å²) >= 11 is 6.16. The van der Waals surface area contributed by atoms with E-state index in [1.54, 1.807) is 18.2 Å². The molecule has 0 aliphatic rings. The van der Waals surface area contributed by atoms with Crippen molar-refractivity contribution in [2.75, 3.05) is 26.1 Å². The van der Waals surface area contributed by atoms with Gasteiger partial charge in [0.05, 0.1) is 37.7 Å². The van der Waals surface area contributed by atoms with Gasteiger partial charge in [0.1, 0.15) is 0 Å². The highest BCUT2D eigenvalue weighted by molar-refractivity contribution is 6.32. The molecule has 0 saturated heterocycles. The van der Waals surface area contributed by atoms with Crippen LogP contribution in [0, 0.1) is 0 Å². The predicted octanol–water partition coefficient (Wildman–Crippen LogP) is 3.40. The van der Waals surface area contributed by atoms with Crippen molar-refractivity contribution in [3.63, 3.8) is 0 Å². The Hall–Kier alpha value is -2.47. The highest BCUT2D eigenvalue weighted by Gasteiger charge is 2.16. The first-order chi connectivity index (χ1) is 11.1. The first kappa shape index (κ1) is 16.9. The van der Waals surface area contributed by atoms with Gasteiger partial charge in [-0.15, -0.1) is 0 Å². The fourth-order valence-electron chi connectivity index (χ4n) is 1.91. The molecular weight excluding hydrogens is 320 g/mol. The summed E-state index contributed by atoms with van der Waals surface area (Å²) < 4.78 is 15.6. The fourth-order valence-corrected chi connectivity index (χ4v) is 2.18. The van der Waals surface area contributed by atoms with E-state index in [1.807, 2.05) is 6.92 Å². The number of rotatable bonds is 6. The molecule has 2 rings (SSSR count). The molecular formula is C16H17ClN2O4. The number of hydrogen-bond donors (Lipinski definition) is 1. The van der Waals surface area contributed by atoms with Gasteiger partial charge in [-0.05, 0) is 25.1 Å². The Balaban J connectivity index is 2.22. The third-order valence-electron chi connectivity index (χ3n) is 2.98. The van der Waals surface area contributed by atoms with Gasteiger partial charge in [-0.1, -0.05) is 11.6 Å². The number of nitrogens with one attached hydrogen (secondary N) is 1. The number of carbonyl (C=O) groups is 1. The maximum atomic E-state index is 12.3. The van der Waals surface area contributed by atoms with Crippen LogP contribution >= 0.6 is 11.6 Å². The Kier molecular flexibility index (Phi) is 5.65. The van der Waals surface area contributed by atoms with E-state index in [4.69, 9.17) is 25.8 Å². The van der Waals surface area contributed by atoms with E-state index in [0.717, 1.165) is 0 Å². The Morgan fingerprint density at radius 1 is 1.26 bits per heavy atom. The lowest BCUT2D eigenvalue weighted by molar-refractivity contribution is 0.102. The van der Waals surface area contributed by atoms with E-state index in [2.05, 4.69) is 10.3 Å². The normalized spacial score (nSPS) is 10.1.